The van der Waals surface area contributed by atoms with E-state index in [4.69, 9.17) is 5.73 Å². The van der Waals surface area contributed by atoms with Gasteiger partial charge in [-0.3, -0.25) is 4.98 Å². The number of benzene rings is 1. The summed E-state index contributed by atoms with van der Waals surface area (Å²) in [4.78, 5) is 5.42. The Morgan fingerprint density at radius 2 is 1.90 bits per heavy atom. The van der Waals surface area contributed by atoms with Crippen LogP contribution in [0.3, 0.4) is 0 Å². The van der Waals surface area contributed by atoms with Crippen LogP contribution in [0.2, 0.25) is 0 Å². The van der Waals surface area contributed by atoms with Gasteiger partial charge in [-0.05, 0) is 40.6 Å². The lowest BCUT2D eigenvalue weighted by Crippen LogP contribution is -2.13. The van der Waals surface area contributed by atoms with Gasteiger partial charge in [0.2, 0.25) is 0 Å². The Labute approximate surface area is 122 Å². The van der Waals surface area contributed by atoms with Crippen LogP contribution in [-0.4, -0.2) is 4.98 Å². The number of rotatable bonds is 4. The summed E-state index contributed by atoms with van der Waals surface area (Å²) in [7, 11) is 0. The molecule has 2 aromatic heterocycles. The van der Waals surface area contributed by atoms with Gasteiger partial charge in [0, 0.05) is 23.3 Å². The predicted molar refractivity (Wildman–Crippen MR) is 84.6 cm³/mol. The summed E-state index contributed by atoms with van der Waals surface area (Å²) in [5.74, 6) is 0. The predicted octanol–water partition coefficient (Wildman–Crippen LogP) is 4.05. The van der Waals surface area contributed by atoms with Crippen LogP contribution in [0.4, 0.5) is 0 Å². The summed E-state index contributed by atoms with van der Waals surface area (Å²) in [6.45, 7) is 0. The van der Waals surface area contributed by atoms with E-state index in [1.165, 1.54) is 16.0 Å². The van der Waals surface area contributed by atoms with E-state index in [-0.39, 0.29) is 6.04 Å². The highest BCUT2D eigenvalue weighted by molar-refractivity contribution is 7.13. The monoisotopic (exact) mass is 280 g/mol. The van der Waals surface area contributed by atoms with E-state index in [9.17, 15) is 0 Å². The van der Waals surface area contributed by atoms with E-state index >= 15 is 0 Å². The highest BCUT2D eigenvalue weighted by atomic mass is 32.1. The molecular formula is C17H16N2S. The molecule has 0 saturated carbocycles. The molecule has 2 heterocycles. The second-order valence-corrected chi connectivity index (χ2v) is 5.72. The van der Waals surface area contributed by atoms with Gasteiger partial charge in [-0.1, -0.05) is 36.4 Å². The van der Waals surface area contributed by atoms with Gasteiger partial charge in [0.15, 0.2) is 0 Å². The van der Waals surface area contributed by atoms with Gasteiger partial charge >= 0.3 is 0 Å². The Morgan fingerprint density at radius 3 is 2.55 bits per heavy atom. The number of hydrogen-bond donors (Lipinski definition) is 1. The maximum Gasteiger partial charge on any atom is 0.0351 e. The van der Waals surface area contributed by atoms with Crippen molar-refractivity contribution < 1.29 is 0 Å². The van der Waals surface area contributed by atoms with Crippen LogP contribution < -0.4 is 5.73 Å². The molecule has 1 aromatic carbocycles. The zero-order valence-corrected chi connectivity index (χ0v) is 11.9. The zero-order chi connectivity index (χ0) is 13.8. The molecule has 0 saturated heterocycles. The molecule has 0 spiro atoms. The maximum atomic E-state index is 6.22. The molecule has 0 radical (unpaired) electrons. The van der Waals surface area contributed by atoms with E-state index in [0.717, 1.165) is 12.0 Å². The smallest absolute Gasteiger partial charge is 0.0351 e. The molecule has 2 nitrogen and oxygen atoms in total. The molecule has 1 atom stereocenters. The fourth-order valence-electron chi connectivity index (χ4n) is 2.22. The van der Waals surface area contributed by atoms with Gasteiger partial charge in [0.1, 0.15) is 0 Å². The van der Waals surface area contributed by atoms with Gasteiger partial charge in [0.25, 0.3) is 0 Å². The summed E-state index contributed by atoms with van der Waals surface area (Å²) in [5, 5.41) is 2.10. The maximum absolute atomic E-state index is 6.22. The van der Waals surface area contributed by atoms with Gasteiger partial charge in [-0.25, -0.2) is 0 Å². The van der Waals surface area contributed by atoms with Crippen molar-refractivity contribution in [2.24, 2.45) is 5.73 Å². The highest BCUT2D eigenvalue weighted by Crippen LogP contribution is 2.25. The highest BCUT2D eigenvalue weighted by Gasteiger charge is 2.07. The standard InChI is InChI=1S/C17H16N2S/c18-16(15-3-1-9-19-12-15)11-13-5-7-14(8-6-13)17-4-2-10-20-17/h1-10,12,16H,11,18H2. The molecule has 0 bridgehead atoms. The largest absolute Gasteiger partial charge is 0.324 e. The van der Waals surface area contributed by atoms with E-state index in [2.05, 4.69) is 46.8 Å². The molecule has 3 rings (SSSR count). The van der Waals surface area contributed by atoms with Crippen LogP contribution in [0.1, 0.15) is 17.2 Å². The summed E-state index contributed by atoms with van der Waals surface area (Å²) in [6, 6.07) is 16.8. The molecule has 0 aliphatic heterocycles. The first-order valence-corrected chi connectivity index (χ1v) is 7.49. The van der Waals surface area contributed by atoms with Gasteiger partial charge < -0.3 is 5.73 Å². The van der Waals surface area contributed by atoms with Crippen molar-refractivity contribution in [3.8, 4) is 10.4 Å². The molecule has 3 aromatic rings. The van der Waals surface area contributed by atoms with Crippen molar-refractivity contribution in [1.29, 1.82) is 0 Å². The van der Waals surface area contributed by atoms with E-state index in [0.29, 0.717) is 0 Å². The molecule has 0 aliphatic carbocycles. The fourth-order valence-corrected chi connectivity index (χ4v) is 2.95. The van der Waals surface area contributed by atoms with Crippen molar-refractivity contribution in [2.45, 2.75) is 12.5 Å². The summed E-state index contributed by atoms with van der Waals surface area (Å²) in [6.07, 6.45) is 4.44. The molecule has 0 aliphatic rings. The summed E-state index contributed by atoms with van der Waals surface area (Å²) < 4.78 is 0. The minimum absolute atomic E-state index is 0.00344. The van der Waals surface area contributed by atoms with Crippen molar-refractivity contribution in [1.82, 2.24) is 4.98 Å². The fraction of sp³-hybridized carbons (Fsp3) is 0.118. The Kier molecular flexibility index (Phi) is 3.90. The van der Waals surface area contributed by atoms with Crippen LogP contribution in [0.5, 0.6) is 0 Å². The van der Waals surface area contributed by atoms with Crippen LogP contribution in [0.15, 0.2) is 66.3 Å². The number of hydrogen-bond acceptors (Lipinski definition) is 3. The number of aromatic nitrogens is 1. The molecule has 1 unspecified atom stereocenters. The first-order chi connectivity index (χ1) is 9.83. The Balaban J connectivity index is 1.72. The molecule has 100 valence electrons. The molecule has 0 amide bonds. The van der Waals surface area contributed by atoms with E-state index < -0.39 is 0 Å². The molecule has 3 heteroatoms. The third-order valence-corrected chi connectivity index (χ3v) is 4.25. The number of nitrogens with two attached hydrogens (primary N) is 1. The summed E-state index contributed by atoms with van der Waals surface area (Å²) in [5.41, 5.74) is 9.81. The average Bonchev–Trinajstić information content (AvgIpc) is 3.03. The lowest BCUT2D eigenvalue weighted by Gasteiger charge is -2.11. The lowest BCUT2D eigenvalue weighted by atomic mass is 10.00. The van der Waals surface area contributed by atoms with E-state index in [1.807, 2.05) is 18.3 Å². The van der Waals surface area contributed by atoms with Crippen LogP contribution in [0.25, 0.3) is 10.4 Å². The minimum Gasteiger partial charge on any atom is -0.324 e. The first kappa shape index (κ1) is 13.0. The van der Waals surface area contributed by atoms with Crippen LogP contribution in [0, 0.1) is 0 Å². The van der Waals surface area contributed by atoms with Crippen molar-refractivity contribution in [3.63, 3.8) is 0 Å². The van der Waals surface area contributed by atoms with Crippen LogP contribution in [-0.2, 0) is 6.42 Å². The first-order valence-electron chi connectivity index (χ1n) is 6.61. The normalized spacial score (nSPS) is 12.2. The molecule has 2 N–H and O–H groups in total. The number of pyridine rings is 1. The van der Waals surface area contributed by atoms with Crippen molar-refractivity contribution in [2.75, 3.05) is 0 Å². The minimum atomic E-state index is -0.00344. The molecule has 20 heavy (non-hydrogen) atoms. The summed E-state index contributed by atoms with van der Waals surface area (Å²) >= 11 is 1.76. The van der Waals surface area contributed by atoms with Gasteiger partial charge in [-0.15, -0.1) is 11.3 Å². The molecule has 0 fully saturated rings. The van der Waals surface area contributed by atoms with E-state index in [1.54, 1.807) is 17.5 Å². The molecular weight excluding hydrogens is 264 g/mol. The zero-order valence-electron chi connectivity index (χ0n) is 11.1. The average molecular weight is 280 g/mol. The van der Waals surface area contributed by atoms with Crippen LogP contribution >= 0.6 is 11.3 Å². The topological polar surface area (TPSA) is 38.9 Å². The van der Waals surface area contributed by atoms with Gasteiger partial charge in [-0.2, -0.15) is 0 Å². The second-order valence-electron chi connectivity index (χ2n) is 4.77. The van der Waals surface area contributed by atoms with Crippen molar-refractivity contribution in [3.05, 3.63) is 77.4 Å². The quantitative estimate of drug-likeness (QED) is 0.783. The van der Waals surface area contributed by atoms with Crippen molar-refractivity contribution >= 4 is 11.3 Å². The second kappa shape index (κ2) is 5.99. The SMILES string of the molecule is NC(Cc1ccc(-c2cccs2)cc1)c1cccnc1. The third-order valence-electron chi connectivity index (χ3n) is 3.33. The number of nitrogens with zero attached hydrogens (tertiary/aromatic N) is 1. The Bertz CT molecular complexity index is 645. The Hall–Kier alpha value is -1.97. The third kappa shape index (κ3) is 2.95. The lowest BCUT2D eigenvalue weighted by molar-refractivity contribution is 0.718. The Morgan fingerprint density at radius 1 is 1.05 bits per heavy atom. The number of thiophene rings is 1. The van der Waals surface area contributed by atoms with Gasteiger partial charge in [0.05, 0.1) is 0 Å².